The van der Waals surface area contributed by atoms with Crippen LogP contribution >= 0.6 is 0 Å². The minimum Gasteiger partial charge on any atom is -0.319 e. The lowest BCUT2D eigenvalue weighted by Crippen LogP contribution is -2.42. The van der Waals surface area contributed by atoms with Crippen molar-refractivity contribution in [2.75, 3.05) is 13.6 Å². The predicted molar refractivity (Wildman–Crippen MR) is 29.5 cm³/mol. The van der Waals surface area contributed by atoms with Crippen LogP contribution in [0.1, 0.15) is 0 Å². The molecule has 0 heterocycles. The van der Waals surface area contributed by atoms with Crippen LogP contribution in [0.3, 0.4) is 0 Å². The molecule has 0 spiro atoms. The summed E-state index contributed by atoms with van der Waals surface area (Å²) in [6.45, 7) is -1.15. The lowest BCUT2D eigenvalue weighted by molar-refractivity contribution is -0.281. The molecule has 0 aliphatic rings. The fourth-order valence-corrected chi connectivity index (χ4v) is 0.621. The third-order valence-electron chi connectivity index (χ3n) is 1.20. The average Bonchev–Trinajstić information content (AvgIpc) is 1.77. The number of nitrogens with one attached hydrogen (secondary N) is 1. The first-order valence-electron chi connectivity index (χ1n) is 2.97. The first-order chi connectivity index (χ1) is 5.19. The van der Waals surface area contributed by atoms with Crippen molar-refractivity contribution >= 4 is 0 Å². The van der Waals surface area contributed by atoms with E-state index in [4.69, 9.17) is 0 Å². The van der Waals surface area contributed by atoms with Crippen molar-refractivity contribution in [2.45, 2.75) is 12.4 Å². The van der Waals surface area contributed by atoms with E-state index < -0.39 is 24.8 Å². The number of hydrogen-bond donors (Lipinski definition) is 1. The van der Waals surface area contributed by atoms with Gasteiger partial charge in [0.2, 0.25) is 0 Å². The van der Waals surface area contributed by atoms with Gasteiger partial charge in [0, 0.05) is 6.54 Å². The monoisotopic (exact) mass is 195 g/mol. The zero-order chi connectivity index (χ0) is 9.99. The molecule has 12 heavy (non-hydrogen) atoms. The van der Waals surface area contributed by atoms with Gasteiger partial charge in [-0.25, -0.2) is 0 Å². The molecule has 0 bridgehead atoms. The summed E-state index contributed by atoms with van der Waals surface area (Å²) in [5.41, 5.74) is 0. The molecule has 0 aromatic heterocycles. The first kappa shape index (κ1) is 11.5. The smallest absolute Gasteiger partial charge is 0.319 e. The number of rotatable bonds is 2. The maximum Gasteiger partial charge on any atom is 0.401 e. The summed E-state index contributed by atoms with van der Waals surface area (Å²) < 4.78 is 69.9. The Morgan fingerprint density at radius 1 is 1.00 bits per heavy atom. The average molecular weight is 195 g/mol. The topological polar surface area (TPSA) is 12.0 Å². The molecule has 0 aliphatic carbocycles. The van der Waals surface area contributed by atoms with Crippen LogP contribution in [0, 0.1) is 5.92 Å². The Morgan fingerprint density at radius 3 is 1.42 bits per heavy atom. The lowest BCUT2D eigenvalue weighted by Gasteiger charge is -2.22. The van der Waals surface area contributed by atoms with Crippen LogP contribution in [0.25, 0.3) is 0 Å². The summed E-state index contributed by atoms with van der Waals surface area (Å²) in [4.78, 5) is 0. The lowest BCUT2D eigenvalue weighted by atomic mass is 10.1. The van der Waals surface area contributed by atoms with Crippen molar-refractivity contribution in [1.29, 1.82) is 0 Å². The summed E-state index contributed by atoms with van der Waals surface area (Å²) in [5, 5.41) is 1.84. The highest BCUT2D eigenvalue weighted by molar-refractivity contribution is 4.76. The first-order valence-corrected chi connectivity index (χ1v) is 2.97. The highest BCUT2D eigenvalue weighted by atomic mass is 19.4. The second-order valence-electron chi connectivity index (χ2n) is 2.19. The Bertz CT molecular complexity index is 122. The predicted octanol–water partition coefficient (Wildman–Crippen LogP) is 1.95. The minimum atomic E-state index is -5.23. The minimum absolute atomic E-state index is 1.03. The molecule has 1 N–H and O–H groups in total. The zero-order valence-corrected chi connectivity index (χ0v) is 6.05. The van der Waals surface area contributed by atoms with Crippen molar-refractivity contribution in [3.05, 3.63) is 0 Å². The van der Waals surface area contributed by atoms with Crippen LogP contribution in [0.5, 0.6) is 0 Å². The molecule has 0 rings (SSSR count). The van der Waals surface area contributed by atoms with Crippen molar-refractivity contribution in [3.63, 3.8) is 0 Å². The van der Waals surface area contributed by atoms with Crippen LogP contribution in [-0.4, -0.2) is 25.9 Å². The van der Waals surface area contributed by atoms with E-state index in [0.717, 1.165) is 7.05 Å². The molecule has 7 heteroatoms. The molecule has 0 radical (unpaired) electrons. The fourth-order valence-electron chi connectivity index (χ4n) is 0.621. The molecule has 0 atom stereocenters. The van der Waals surface area contributed by atoms with Gasteiger partial charge >= 0.3 is 12.4 Å². The summed E-state index contributed by atoms with van der Waals surface area (Å²) in [7, 11) is 1.03. The molecule has 0 aromatic rings. The van der Waals surface area contributed by atoms with E-state index in [0.29, 0.717) is 0 Å². The zero-order valence-electron chi connectivity index (χ0n) is 6.05. The van der Waals surface area contributed by atoms with E-state index in [9.17, 15) is 26.3 Å². The molecule has 0 saturated heterocycles. The maximum atomic E-state index is 11.6. The van der Waals surface area contributed by atoms with Crippen LogP contribution in [0.4, 0.5) is 26.3 Å². The maximum absolute atomic E-state index is 11.6. The summed E-state index contributed by atoms with van der Waals surface area (Å²) >= 11 is 0. The van der Waals surface area contributed by atoms with Gasteiger partial charge in [0.1, 0.15) is 0 Å². The number of hydrogen-bond acceptors (Lipinski definition) is 1. The Kier molecular flexibility index (Phi) is 3.37. The molecular formula is C5H7F6N. The van der Waals surface area contributed by atoms with Crippen molar-refractivity contribution in [3.8, 4) is 0 Å². The van der Waals surface area contributed by atoms with Crippen molar-refractivity contribution in [2.24, 2.45) is 5.92 Å². The molecule has 0 saturated carbocycles. The summed E-state index contributed by atoms with van der Waals surface area (Å²) in [6.07, 6.45) is -10.5. The standard InChI is InChI=1S/C5H7F6N/c1-12-2-3(4(6,7)8)5(9,10)11/h3,12H,2H2,1H3. The van der Waals surface area contributed by atoms with Gasteiger partial charge in [0.05, 0.1) is 0 Å². The van der Waals surface area contributed by atoms with E-state index >= 15 is 0 Å². The second-order valence-corrected chi connectivity index (χ2v) is 2.19. The fraction of sp³-hybridized carbons (Fsp3) is 1.00. The number of halogens is 6. The van der Waals surface area contributed by atoms with Gasteiger partial charge in [-0.3, -0.25) is 0 Å². The van der Waals surface area contributed by atoms with E-state index in [2.05, 4.69) is 0 Å². The third-order valence-corrected chi connectivity index (χ3v) is 1.20. The Labute approximate surface area is 64.7 Å². The van der Waals surface area contributed by atoms with Gasteiger partial charge in [-0.15, -0.1) is 0 Å². The molecule has 0 fully saturated rings. The highest BCUT2D eigenvalue weighted by Gasteiger charge is 2.55. The van der Waals surface area contributed by atoms with Gasteiger partial charge < -0.3 is 5.32 Å². The van der Waals surface area contributed by atoms with Gasteiger partial charge in [-0.1, -0.05) is 0 Å². The Morgan fingerprint density at radius 2 is 1.33 bits per heavy atom. The largest absolute Gasteiger partial charge is 0.401 e. The van der Waals surface area contributed by atoms with Crippen LogP contribution in [0.15, 0.2) is 0 Å². The molecule has 1 nitrogen and oxygen atoms in total. The normalized spacial score (nSPS) is 14.0. The van der Waals surface area contributed by atoms with E-state index in [1.807, 2.05) is 5.32 Å². The van der Waals surface area contributed by atoms with E-state index in [1.54, 1.807) is 0 Å². The summed E-state index contributed by atoms with van der Waals surface area (Å²) in [5.74, 6) is -3.28. The van der Waals surface area contributed by atoms with Crippen LogP contribution in [-0.2, 0) is 0 Å². The van der Waals surface area contributed by atoms with Gasteiger partial charge in [0.25, 0.3) is 0 Å². The molecule has 74 valence electrons. The van der Waals surface area contributed by atoms with Crippen LogP contribution < -0.4 is 5.32 Å². The SMILES string of the molecule is CNCC(C(F)(F)F)C(F)(F)F. The van der Waals surface area contributed by atoms with Crippen molar-refractivity contribution in [1.82, 2.24) is 5.32 Å². The third kappa shape index (κ3) is 3.29. The Balaban J connectivity index is 4.45. The van der Waals surface area contributed by atoms with E-state index in [-0.39, 0.29) is 0 Å². The van der Waals surface area contributed by atoms with Gasteiger partial charge in [0.15, 0.2) is 5.92 Å². The van der Waals surface area contributed by atoms with E-state index in [1.165, 1.54) is 0 Å². The van der Waals surface area contributed by atoms with Gasteiger partial charge in [-0.05, 0) is 7.05 Å². The van der Waals surface area contributed by atoms with Gasteiger partial charge in [-0.2, -0.15) is 26.3 Å². The second kappa shape index (κ2) is 3.51. The van der Waals surface area contributed by atoms with Crippen molar-refractivity contribution < 1.29 is 26.3 Å². The molecule has 0 aliphatic heterocycles. The number of alkyl halides is 6. The van der Waals surface area contributed by atoms with Crippen LogP contribution in [0.2, 0.25) is 0 Å². The highest BCUT2D eigenvalue weighted by Crippen LogP contribution is 2.38. The molecule has 0 unspecified atom stereocenters. The molecule has 0 amide bonds. The molecule has 0 aromatic carbocycles. The quantitative estimate of drug-likeness (QED) is 0.664. The molecular weight excluding hydrogens is 188 g/mol. The summed E-state index contributed by atoms with van der Waals surface area (Å²) in [6, 6.07) is 0. The Hall–Kier alpha value is -0.460.